The predicted octanol–water partition coefficient (Wildman–Crippen LogP) is 5.42. The fraction of sp³-hybridized carbons (Fsp3) is 0.231. The van der Waals surface area contributed by atoms with E-state index in [1.165, 1.54) is 0 Å². The quantitative estimate of drug-likeness (QED) is 0.492. The molecule has 32 heavy (non-hydrogen) atoms. The molecule has 0 fully saturated rings. The first-order chi connectivity index (χ1) is 15.4. The minimum Gasteiger partial charge on any atom is -0.464 e. The Morgan fingerprint density at radius 1 is 0.906 bits per heavy atom. The third kappa shape index (κ3) is 4.82. The summed E-state index contributed by atoms with van der Waals surface area (Å²) in [6.45, 7) is 2.01. The monoisotopic (exact) mass is 467 g/mol. The first kappa shape index (κ1) is 22.4. The molecule has 3 aromatic rings. The van der Waals surface area contributed by atoms with Crippen molar-refractivity contribution in [2.24, 2.45) is 0 Å². The van der Waals surface area contributed by atoms with Gasteiger partial charge in [-0.2, -0.15) is 0 Å². The van der Waals surface area contributed by atoms with Gasteiger partial charge in [-0.3, -0.25) is 4.79 Å². The van der Waals surface area contributed by atoms with Gasteiger partial charge in [-0.05, 0) is 59.0 Å². The Labute approximate surface area is 197 Å². The molecule has 1 aliphatic rings. The van der Waals surface area contributed by atoms with Crippen molar-refractivity contribution in [1.29, 1.82) is 0 Å². The third-order valence-corrected chi connectivity index (χ3v) is 6.15. The summed E-state index contributed by atoms with van der Waals surface area (Å²) in [7, 11) is 0. The van der Waals surface area contributed by atoms with Crippen LogP contribution in [-0.2, 0) is 33.6 Å². The maximum atomic E-state index is 13.0. The van der Waals surface area contributed by atoms with Crippen LogP contribution in [0, 0.1) is 0 Å². The molecule has 0 saturated carbocycles. The second-order valence-corrected chi connectivity index (χ2v) is 8.87. The minimum absolute atomic E-state index is 0.133. The maximum absolute atomic E-state index is 13.0. The molecule has 0 heterocycles. The van der Waals surface area contributed by atoms with E-state index in [-0.39, 0.29) is 18.9 Å². The number of halogens is 2. The highest BCUT2D eigenvalue weighted by Gasteiger charge is 2.46. The summed E-state index contributed by atoms with van der Waals surface area (Å²) in [5.41, 5.74) is 3.79. The second-order valence-electron chi connectivity index (χ2n) is 8.00. The van der Waals surface area contributed by atoms with Gasteiger partial charge in [0.2, 0.25) is 5.91 Å². The first-order valence-corrected chi connectivity index (χ1v) is 11.2. The highest BCUT2D eigenvalue weighted by atomic mass is 35.5. The summed E-state index contributed by atoms with van der Waals surface area (Å²) in [6.07, 6.45) is 0.904. The number of amides is 1. The van der Waals surface area contributed by atoms with Crippen molar-refractivity contribution in [1.82, 2.24) is 5.32 Å². The van der Waals surface area contributed by atoms with Crippen molar-refractivity contribution in [3.8, 4) is 11.1 Å². The largest absolute Gasteiger partial charge is 0.464 e. The zero-order valence-corrected chi connectivity index (χ0v) is 19.2. The zero-order chi connectivity index (χ0) is 22.7. The van der Waals surface area contributed by atoms with E-state index in [0.29, 0.717) is 22.9 Å². The minimum atomic E-state index is -1.12. The second kappa shape index (κ2) is 9.35. The summed E-state index contributed by atoms with van der Waals surface area (Å²) < 4.78 is 5.37. The van der Waals surface area contributed by atoms with Crippen molar-refractivity contribution in [2.45, 2.75) is 31.7 Å². The first-order valence-electron chi connectivity index (χ1n) is 10.5. The van der Waals surface area contributed by atoms with Crippen LogP contribution in [-0.4, -0.2) is 24.0 Å². The van der Waals surface area contributed by atoms with Crippen LogP contribution >= 0.6 is 23.2 Å². The van der Waals surface area contributed by atoms with Crippen molar-refractivity contribution < 1.29 is 14.3 Å². The van der Waals surface area contributed by atoms with Crippen LogP contribution in [0.15, 0.2) is 66.7 Å². The molecular formula is C26H23Cl2NO3. The molecule has 1 N–H and O–H groups in total. The Bertz CT molecular complexity index is 1160. The fourth-order valence-electron chi connectivity index (χ4n) is 4.19. The number of rotatable bonds is 6. The Morgan fingerprint density at radius 3 is 2.34 bits per heavy atom. The van der Waals surface area contributed by atoms with Crippen molar-refractivity contribution in [3.63, 3.8) is 0 Å². The normalized spacial score (nSPS) is 17.0. The van der Waals surface area contributed by atoms with E-state index in [2.05, 4.69) is 11.4 Å². The van der Waals surface area contributed by atoms with Gasteiger partial charge in [0.05, 0.1) is 13.0 Å². The molecule has 0 aromatic heterocycles. The van der Waals surface area contributed by atoms with Crippen molar-refractivity contribution in [3.05, 3.63) is 93.5 Å². The van der Waals surface area contributed by atoms with Crippen LogP contribution in [0.4, 0.5) is 0 Å². The lowest BCUT2D eigenvalue weighted by Crippen LogP contribution is -2.56. The van der Waals surface area contributed by atoms with E-state index >= 15 is 0 Å². The predicted molar refractivity (Wildman–Crippen MR) is 127 cm³/mol. The van der Waals surface area contributed by atoms with Gasteiger partial charge < -0.3 is 10.1 Å². The molecule has 4 nitrogen and oxygen atoms in total. The van der Waals surface area contributed by atoms with E-state index in [0.717, 1.165) is 27.8 Å². The van der Waals surface area contributed by atoms with E-state index in [1.807, 2.05) is 42.5 Å². The van der Waals surface area contributed by atoms with Crippen LogP contribution in [0.3, 0.4) is 0 Å². The lowest BCUT2D eigenvalue weighted by atomic mass is 9.95. The molecule has 164 valence electrons. The SMILES string of the molecule is CCOC(=O)C1(NC(=O)Cc2cccc(Cl)c2)Cc2ccc(-c3ccc(Cl)cc3)cc2C1. The Morgan fingerprint density at radius 2 is 1.62 bits per heavy atom. The molecule has 0 bridgehead atoms. The van der Waals surface area contributed by atoms with E-state index in [4.69, 9.17) is 27.9 Å². The summed E-state index contributed by atoms with van der Waals surface area (Å²) in [5.74, 6) is -0.658. The van der Waals surface area contributed by atoms with Crippen LogP contribution in [0.1, 0.15) is 23.6 Å². The van der Waals surface area contributed by atoms with Crippen LogP contribution in [0.2, 0.25) is 10.0 Å². The standard InChI is InChI=1S/C26H23Cl2NO3/c1-2-32-25(31)26(29-24(30)13-17-4-3-5-23(28)12-17)15-20-7-6-19(14-21(20)16-26)18-8-10-22(27)11-9-18/h3-12,14H,2,13,15-16H2,1H3,(H,29,30). The molecule has 0 aliphatic heterocycles. The van der Waals surface area contributed by atoms with Crippen molar-refractivity contribution in [2.75, 3.05) is 6.61 Å². The van der Waals surface area contributed by atoms with Gasteiger partial charge in [-0.25, -0.2) is 4.79 Å². The topological polar surface area (TPSA) is 55.4 Å². The molecule has 6 heteroatoms. The molecule has 0 radical (unpaired) electrons. The third-order valence-electron chi connectivity index (χ3n) is 5.67. The molecule has 1 atom stereocenters. The van der Waals surface area contributed by atoms with E-state index < -0.39 is 11.5 Å². The Hall–Kier alpha value is -2.82. The number of ether oxygens (including phenoxy) is 1. The molecule has 0 saturated heterocycles. The highest BCUT2D eigenvalue weighted by molar-refractivity contribution is 6.30. The number of hydrogen-bond donors (Lipinski definition) is 1. The Kier molecular flexibility index (Phi) is 6.54. The Balaban J connectivity index is 1.59. The number of esters is 1. The van der Waals surface area contributed by atoms with Gasteiger partial charge in [0, 0.05) is 22.9 Å². The number of carbonyl (C=O) groups is 2. The van der Waals surface area contributed by atoms with Crippen LogP contribution in [0.5, 0.6) is 0 Å². The average Bonchev–Trinajstić information content (AvgIpc) is 3.12. The fourth-order valence-corrected chi connectivity index (χ4v) is 4.53. The molecule has 0 spiro atoms. The number of carbonyl (C=O) groups excluding carboxylic acids is 2. The zero-order valence-electron chi connectivity index (χ0n) is 17.7. The number of benzene rings is 3. The number of fused-ring (bicyclic) bond motifs is 1. The summed E-state index contributed by atoms with van der Waals surface area (Å²) in [4.78, 5) is 25.9. The smallest absolute Gasteiger partial charge is 0.332 e. The summed E-state index contributed by atoms with van der Waals surface area (Å²) >= 11 is 12.1. The maximum Gasteiger partial charge on any atom is 0.332 e. The molecule has 4 rings (SSSR count). The van der Waals surface area contributed by atoms with Crippen LogP contribution < -0.4 is 5.32 Å². The van der Waals surface area contributed by atoms with Gasteiger partial charge in [-0.1, -0.05) is 65.7 Å². The molecule has 1 amide bonds. The van der Waals surface area contributed by atoms with E-state index in [9.17, 15) is 9.59 Å². The van der Waals surface area contributed by atoms with Gasteiger partial charge in [0.15, 0.2) is 0 Å². The highest BCUT2D eigenvalue weighted by Crippen LogP contribution is 2.35. The lowest BCUT2D eigenvalue weighted by Gasteiger charge is -2.28. The van der Waals surface area contributed by atoms with Gasteiger partial charge >= 0.3 is 5.97 Å². The molecular weight excluding hydrogens is 445 g/mol. The molecule has 1 aliphatic carbocycles. The molecule has 3 aromatic carbocycles. The van der Waals surface area contributed by atoms with Crippen LogP contribution in [0.25, 0.3) is 11.1 Å². The van der Waals surface area contributed by atoms with Gasteiger partial charge in [0.1, 0.15) is 5.54 Å². The number of nitrogens with one attached hydrogen (secondary N) is 1. The average molecular weight is 468 g/mol. The molecule has 1 unspecified atom stereocenters. The van der Waals surface area contributed by atoms with Gasteiger partial charge in [-0.15, -0.1) is 0 Å². The van der Waals surface area contributed by atoms with Gasteiger partial charge in [0.25, 0.3) is 0 Å². The summed E-state index contributed by atoms with van der Waals surface area (Å²) in [5, 5.41) is 4.23. The van der Waals surface area contributed by atoms with E-state index in [1.54, 1.807) is 25.1 Å². The lowest BCUT2D eigenvalue weighted by molar-refractivity contribution is -0.153. The number of hydrogen-bond acceptors (Lipinski definition) is 3. The van der Waals surface area contributed by atoms with Crippen molar-refractivity contribution >= 4 is 35.1 Å². The summed E-state index contributed by atoms with van der Waals surface area (Å²) in [6, 6.07) is 20.9.